The molecule has 17 heavy (non-hydrogen) atoms. The molecule has 0 unspecified atom stereocenters. The van der Waals surface area contributed by atoms with Gasteiger partial charge in [-0.1, -0.05) is 42.1 Å². The third kappa shape index (κ3) is 3.20. The van der Waals surface area contributed by atoms with Crippen molar-refractivity contribution in [2.24, 2.45) is 7.05 Å². The predicted molar refractivity (Wildman–Crippen MR) is 70.1 cm³/mol. The van der Waals surface area contributed by atoms with Gasteiger partial charge in [-0.2, -0.15) is 0 Å². The first-order valence-electron chi connectivity index (χ1n) is 5.46. The van der Waals surface area contributed by atoms with Crippen LogP contribution in [0.2, 0.25) is 0 Å². The Hall–Kier alpha value is -1.55. The Morgan fingerprint density at radius 1 is 1.35 bits per heavy atom. The van der Waals surface area contributed by atoms with Crippen molar-refractivity contribution in [2.45, 2.75) is 6.42 Å². The molecule has 0 aliphatic heterocycles. The number of aryl methyl sites for hydroxylation is 2. The minimum atomic E-state index is 0.125. The van der Waals surface area contributed by atoms with E-state index in [1.807, 2.05) is 48.1 Å². The maximum atomic E-state index is 11.8. The first-order chi connectivity index (χ1) is 8.27. The number of rotatable bonds is 4. The Kier molecular flexibility index (Phi) is 3.98. The lowest BCUT2D eigenvalue weighted by molar-refractivity contribution is 0.108. The van der Waals surface area contributed by atoms with Crippen molar-refractivity contribution < 1.29 is 4.79 Å². The molecule has 4 heteroatoms. The van der Waals surface area contributed by atoms with Crippen LogP contribution in [0, 0.1) is 0 Å². The Labute approximate surface area is 105 Å². The lowest BCUT2D eigenvalue weighted by Crippen LogP contribution is -2.01. The summed E-state index contributed by atoms with van der Waals surface area (Å²) >= 11 is 1.34. The molecular formula is C13H14N2OS. The standard InChI is InChI=1S/C13H14N2OS/c1-15-9-8-14-12(15)7-10-17-13(16)11-5-3-2-4-6-11/h2-6,8-9H,7,10H2,1H3. The predicted octanol–water partition coefficient (Wildman–Crippen LogP) is 2.54. The maximum absolute atomic E-state index is 11.8. The SMILES string of the molecule is Cn1ccnc1CCSC(=O)c1ccccc1. The molecule has 2 aromatic rings. The van der Waals surface area contributed by atoms with Gasteiger partial charge in [0, 0.05) is 37.2 Å². The molecule has 0 N–H and O–H groups in total. The van der Waals surface area contributed by atoms with Crippen LogP contribution in [-0.2, 0) is 13.5 Å². The van der Waals surface area contributed by atoms with Crippen molar-refractivity contribution >= 4 is 16.9 Å². The van der Waals surface area contributed by atoms with E-state index in [0.29, 0.717) is 0 Å². The van der Waals surface area contributed by atoms with E-state index in [-0.39, 0.29) is 5.12 Å². The van der Waals surface area contributed by atoms with Crippen molar-refractivity contribution in [3.8, 4) is 0 Å². The van der Waals surface area contributed by atoms with Gasteiger partial charge in [0.25, 0.3) is 0 Å². The Morgan fingerprint density at radius 3 is 2.76 bits per heavy atom. The van der Waals surface area contributed by atoms with Crippen LogP contribution in [0.4, 0.5) is 0 Å². The third-order valence-corrected chi connectivity index (χ3v) is 3.40. The maximum Gasteiger partial charge on any atom is 0.219 e. The normalized spacial score (nSPS) is 10.4. The highest BCUT2D eigenvalue weighted by atomic mass is 32.2. The number of nitrogens with zero attached hydrogens (tertiary/aromatic N) is 2. The van der Waals surface area contributed by atoms with Crippen LogP contribution in [0.1, 0.15) is 16.2 Å². The molecule has 0 radical (unpaired) electrons. The molecule has 0 bridgehead atoms. The molecule has 3 nitrogen and oxygen atoms in total. The van der Waals surface area contributed by atoms with Crippen molar-refractivity contribution in [3.63, 3.8) is 0 Å². The van der Waals surface area contributed by atoms with E-state index in [9.17, 15) is 4.79 Å². The average Bonchev–Trinajstić information content (AvgIpc) is 2.76. The van der Waals surface area contributed by atoms with E-state index in [4.69, 9.17) is 0 Å². The number of thioether (sulfide) groups is 1. The van der Waals surface area contributed by atoms with Gasteiger partial charge in [0.2, 0.25) is 5.12 Å². The van der Waals surface area contributed by atoms with Gasteiger partial charge in [-0.25, -0.2) is 4.98 Å². The van der Waals surface area contributed by atoms with Crippen LogP contribution >= 0.6 is 11.8 Å². The Bertz CT molecular complexity index is 493. The zero-order valence-corrected chi connectivity index (χ0v) is 10.5. The first-order valence-corrected chi connectivity index (χ1v) is 6.44. The summed E-state index contributed by atoms with van der Waals surface area (Å²) in [5, 5.41) is 0.125. The molecule has 1 aromatic carbocycles. The Morgan fingerprint density at radius 2 is 2.12 bits per heavy atom. The molecule has 0 fully saturated rings. The summed E-state index contributed by atoms with van der Waals surface area (Å²) in [6.45, 7) is 0. The lowest BCUT2D eigenvalue weighted by atomic mass is 10.2. The molecule has 0 amide bonds. The molecule has 1 aromatic heterocycles. The molecule has 2 rings (SSSR count). The molecule has 0 saturated carbocycles. The van der Waals surface area contributed by atoms with E-state index in [1.165, 1.54) is 11.8 Å². The van der Waals surface area contributed by atoms with Crippen molar-refractivity contribution in [1.82, 2.24) is 9.55 Å². The smallest absolute Gasteiger partial charge is 0.219 e. The fourth-order valence-electron chi connectivity index (χ4n) is 1.53. The third-order valence-electron chi connectivity index (χ3n) is 2.49. The quantitative estimate of drug-likeness (QED) is 0.831. The highest BCUT2D eigenvalue weighted by Crippen LogP contribution is 2.13. The van der Waals surface area contributed by atoms with E-state index >= 15 is 0 Å². The largest absolute Gasteiger partial charge is 0.338 e. The molecule has 0 atom stereocenters. The van der Waals surface area contributed by atoms with E-state index in [1.54, 1.807) is 6.20 Å². The minimum absolute atomic E-state index is 0.125. The molecule has 0 spiro atoms. The number of hydrogen-bond donors (Lipinski definition) is 0. The lowest BCUT2D eigenvalue weighted by Gasteiger charge is -2.01. The number of hydrogen-bond acceptors (Lipinski definition) is 3. The highest BCUT2D eigenvalue weighted by molar-refractivity contribution is 8.14. The number of carbonyl (C=O) groups excluding carboxylic acids is 1. The molecule has 88 valence electrons. The summed E-state index contributed by atoms with van der Waals surface area (Å²) in [6.07, 6.45) is 4.50. The van der Waals surface area contributed by atoms with Gasteiger partial charge in [-0.05, 0) is 0 Å². The zero-order valence-electron chi connectivity index (χ0n) is 9.67. The number of benzene rings is 1. The Balaban J connectivity index is 1.84. The van der Waals surface area contributed by atoms with Gasteiger partial charge in [-0.3, -0.25) is 4.79 Å². The second kappa shape index (κ2) is 5.68. The second-order valence-electron chi connectivity index (χ2n) is 3.71. The number of aromatic nitrogens is 2. The van der Waals surface area contributed by atoms with E-state index in [2.05, 4.69) is 4.98 Å². The average molecular weight is 246 g/mol. The van der Waals surface area contributed by atoms with Gasteiger partial charge < -0.3 is 4.57 Å². The molecule has 0 aliphatic carbocycles. The van der Waals surface area contributed by atoms with E-state index in [0.717, 1.165) is 23.6 Å². The van der Waals surface area contributed by atoms with Crippen molar-refractivity contribution in [1.29, 1.82) is 0 Å². The first kappa shape index (κ1) is 11.9. The zero-order chi connectivity index (χ0) is 12.1. The van der Waals surface area contributed by atoms with E-state index < -0.39 is 0 Å². The summed E-state index contributed by atoms with van der Waals surface area (Å²) in [5.41, 5.74) is 0.761. The van der Waals surface area contributed by atoms with Crippen molar-refractivity contribution in [2.75, 3.05) is 5.75 Å². The fraction of sp³-hybridized carbons (Fsp3) is 0.231. The van der Waals surface area contributed by atoms with Gasteiger partial charge in [-0.15, -0.1) is 0 Å². The number of carbonyl (C=O) groups is 1. The molecule has 1 heterocycles. The monoisotopic (exact) mass is 246 g/mol. The van der Waals surface area contributed by atoms with Crippen molar-refractivity contribution in [3.05, 3.63) is 54.1 Å². The fourth-order valence-corrected chi connectivity index (χ4v) is 2.30. The summed E-state index contributed by atoms with van der Waals surface area (Å²) in [6, 6.07) is 9.36. The molecular weight excluding hydrogens is 232 g/mol. The van der Waals surface area contributed by atoms with Crippen LogP contribution in [-0.4, -0.2) is 20.4 Å². The second-order valence-corrected chi connectivity index (χ2v) is 4.77. The van der Waals surface area contributed by atoms with Gasteiger partial charge >= 0.3 is 0 Å². The topological polar surface area (TPSA) is 34.9 Å². The number of imidazole rings is 1. The summed E-state index contributed by atoms with van der Waals surface area (Å²) in [5.74, 6) is 1.77. The van der Waals surface area contributed by atoms with Crippen LogP contribution < -0.4 is 0 Å². The minimum Gasteiger partial charge on any atom is -0.338 e. The molecule has 0 saturated heterocycles. The summed E-state index contributed by atoms with van der Waals surface area (Å²) in [7, 11) is 1.96. The van der Waals surface area contributed by atoms with Gasteiger partial charge in [0.05, 0.1) is 0 Å². The summed E-state index contributed by atoms with van der Waals surface area (Å²) < 4.78 is 1.98. The molecule has 0 aliphatic rings. The van der Waals surface area contributed by atoms with Crippen LogP contribution in [0.5, 0.6) is 0 Å². The van der Waals surface area contributed by atoms with Gasteiger partial charge in [0.15, 0.2) is 0 Å². The summed E-state index contributed by atoms with van der Waals surface area (Å²) in [4.78, 5) is 16.0. The van der Waals surface area contributed by atoms with Crippen LogP contribution in [0.3, 0.4) is 0 Å². The van der Waals surface area contributed by atoms with Crippen LogP contribution in [0.15, 0.2) is 42.7 Å². The highest BCUT2D eigenvalue weighted by Gasteiger charge is 2.06. The van der Waals surface area contributed by atoms with Gasteiger partial charge in [0.1, 0.15) is 5.82 Å². The van der Waals surface area contributed by atoms with Crippen LogP contribution in [0.25, 0.3) is 0 Å².